The smallest absolute Gasteiger partial charge is 0.371 e. The lowest BCUT2D eigenvalue weighted by Crippen LogP contribution is -2.53. The van der Waals surface area contributed by atoms with Gasteiger partial charge in [0, 0.05) is 6.42 Å². The van der Waals surface area contributed by atoms with Crippen molar-refractivity contribution in [3.05, 3.63) is 0 Å². The number of nitrogens with zero attached hydrogens (tertiary/aromatic N) is 2. The first-order chi connectivity index (χ1) is 7.63. The third-order valence-corrected chi connectivity index (χ3v) is 2.64. The average molecular weight is 230 g/mol. The number of ether oxygens (including phenoxy) is 1. The lowest BCUT2D eigenvalue weighted by Gasteiger charge is -2.35. The maximum absolute atomic E-state index is 11.4. The van der Waals surface area contributed by atoms with Crippen LogP contribution in [0, 0.1) is 5.92 Å². The number of amides is 2. The van der Waals surface area contributed by atoms with Crippen LogP contribution in [0.2, 0.25) is 0 Å². The first-order valence-corrected chi connectivity index (χ1v) is 5.17. The monoisotopic (exact) mass is 230 g/mol. The number of hydroxylamine groups is 4. The van der Waals surface area contributed by atoms with Gasteiger partial charge in [-0.1, -0.05) is 0 Å². The lowest BCUT2D eigenvalue weighted by molar-refractivity contribution is -0.234. The maximum atomic E-state index is 11.4. The number of urea groups is 1. The Morgan fingerprint density at radius 3 is 2.69 bits per heavy atom. The molecule has 0 radical (unpaired) electrons. The number of carbonyl (C=O) groups is 2. The van der Waals surface area contributed by atoms with E-state index in [1.54, 1.807) is 0 Å². The van der Waals surface area contributed by atoms with Crippen LogP contribution in [0.25, 0.3) is 0 Å². The van der Waals surface area contributed by atoms with Crippen molar-refractivity contribution in [1.82, 2.24) is 10.1 Å². The Kier molecular flexibility index (Phi) is 2.97. The molecule has 0 aromatic carbocycles. The van der Waals surface area contributed by atoms with Crippen LogP contribution in [-0.4, -0.2) is 47.2 Å². The first kappa shape index (κ1) is 11.2. The van der Waals surface area contributed by atoms with Crippen LogP contribution >= 0.6 is 0 Å². The van der Waals surface area contributed by atoms with Gasteiger partial charge in [0.05, 0.1) is 19.6 Å². The van der Waals surface area contributed by atoms with E-state index in [4.69, 9.17) is 9.57 Å². The summed E-state index contributed by atoms with van der Waals surface area (Å²) in [5, 5.41) is 10.9. The molecule has 90 valence electrons. The molecule has 2 rings (SSSR count). The Morgan fingerprint density at radius 1 is 1.44 bits per heavy atom. The van der Waals surface area contributed by atoms with Gasteiger partial charge in [-0.25, -0.2) is 9.86 Å². The molecular formula is C9H14N2O5. The summed E-state index contributed by atoms with van der Waals surface area (Å²) in [6.45, 7) is 0.287. The van der Waals surface area contributed by atoms with Crippen molar-refractivity contribution in [2.24, 2.45) is 5.92 Å². The third-order valence-electron chi connectivity index (χ3n) is 2.64. The van der Waals surface area contributed by atoms with E-state index in [2.05, 4.69) is 0 Å². The molecule has 1 aliphatic carbocycles. The van der Waals surface area contributed by atoms with Crippen LogP contribution in [0.4, 0.5) is 4.79 Å². The maximum Gasteiger partial charge on any atom is 0.371 e. The highest BCUT2D eigenvalue weighted by atomic mass is 16.7. The van der Waals surface area contributed by atoms with E-state index in [0.29, 0.717) is 11.5 Å². The number of esters is 1. The van der Waals surface area contributed by atoms with Crippen LogP contribution in [0.3, 0.4) is 0 Å². The van der Waals surface area contributed by atoms with Crippen LogP contribution in [0.1, 0.15) is 19.3 Å². The van der Waals surface area contributed by atoms with Crippen molar-refractivity contribution in [1.29, 1.82) is 0 Å². The average Bonchev–Trinajstić information content (AvgIpc) is 3.09. The molecule has 1 atom stereocenters. The molecule has 1 aliphatic heterocycles. The second-order valence-corrected chi connectivity index (χ2v) is 3.87. The molecule has 1 unspecified atom stereocenters. The topological polar surface area (TPSA) is 79.3 Å². The molecule has 0 bridgehead atoms. The van der Waals surface area contributed by atoms with E-state index < -0.39 is 12.3 Å². The molecule has 1 saturated carbocycles. The summed E-state index contributed by atoms with van der Waals surface area (Å²) in [5.41, 5.74) is 0. The van der Waals surface area contributed by atoms with Gasteiger partial charge >= 0.3 is 12.0 Å². The van der Waals surface area contributed by atoms with Crippen molar-refractivity contribution < 1.29 is 24.4 Å². The van der Waals surface area contributed by atoms with E-state index in [9.17, 15) is 14.8 Å². The molecule has 16 heavy (non-hydrogen) atoms. The van der Waals surface area contributed by atoms with Gasteiger partial charge in [-0.3, -0.25) is 14.8 Å². The van der Waals surface area contributed by atoms with Gasteiger partial charge < -0.3 is 4.74 Å². The zero-order valence-electron chi connectivity index (χ0n) is 8.96. The zero-order chi connectivity index (χ0) is 11.7. The summed E-state index contributed by atoms with van der Waals surface area (Å²) in [7, 11) is 1.34. The number of carbonyl (C=O) groups excluding carboxylic acids is 2. The molecule has 1 N–H and O–H groups in total. The Labute approximate surface area is 92.4 Å². The number of rotatable bonds is 3. The van der Waals surface area contributed by atoms with Crippen LogP contribution < -0.4 is 0 Å². The predicted molar refractivity (Wildman–Crippen MR) is 50.0 cm³/mol. The quantitative estimate of drug-likeness (QED) is 0.558. The summed E-state index contributed by atoms with van der Waals surface area (Å²) >= 11 is 0. The molecule has 7 heteroatoms. The van der Waals surface area contributed by atoms with Gasteiger partial charge in [0.25, 0.3) is 0 Å². The first-order valence-electron chi connectivity index (χ1n) is 5.17. The molecular weight excluding hydrogens is 216 g/mol. The predicted octanol–water partition coefficient (Wildman–Crippen LogP) is 0.344. The van der Waals surface area contributed by atoms with Gasteiger partial charge in [0.1, 0.15) is 0 Å². The molecule has 0 spiro atoms. The molecule has 2 aliphatic rings. The van der Waals surface area contributed by atoms with Crippen molar-refractivity contribution in [3.8, 4) is 0 Å². The summed E-state index contributed by atoms with van der Waals surface area (Å²) in [6, 6.07) is -0.720. The zero-order valence-corrected chi connectivity index (χ0v) is 8.96. The number of hydrogen-bond acceptors (Lipinski definition) is 5. The van der Waals surface area contributed by atoms with Gasteiger partial charge in [-0.2, -0.15) is 5.06 Å². The molecule has 2 fully saturated rings. The van der Waals surface area contributed by atoms with E-state index in [0.717, 1.165) is 17.9 Å². The second-order valence-electron chi connectivity index (χ2n) is 3.87. The van der Waals surface area contributed by atoms with Crippen LogP contribution in [-0.2, 0) is 14.4 Å². The Bertz CT molecular complexity index is 304. The molecule has 2 amide bonds. The molecule has 0 aromatic rings. The Balaban J connectivity index is 1.91. The summed E-state index contributed by atoms with van der Waals surface area (Å²) in [6.07, 6.45) is 1.09. The van der Waals surface area contributed by atoms with Gasteiger partial charge in [-0.05, 0) is 12.8 Å². The van der Waals surface area contributed by atoms with Crippen molar-refractivity contribution >= 4 is 12.0 Å². The van der Waals surface area contributed by atoms with Crippen molar-refractivity contribution in [2.75, 3.05) is 13.7 Å². The Hall–Kier alpha value is -1.34. The third kappa shape index (κ3) is 2.10. The fourth-order valence-corrected chi connectivity index (χ4v) is 1.51. The Morgan fingerprint density at radius 2 is 2.12 bits per heavy atom. The largest absolute Gasteiger partial charge is 0.439 e. The molecule has 1 heterocycles. The lowest BCUT2D eigenvalue weighted by atomic mass is 10.3. The minimum atomic E-state index is -0.896. The molecule has 1 saturated heterocycles. The van der Waals surface area contributed by atoms with E-state index >= 15 is 0 Å². The highest BCUT2D eigenvalue weighted by Crippen LogP contribution is 2.31. The fourth-order valence-electron chi connectivity index (χ4n) is 1.51. The minimum absolute atomic E-state index is 0.0519. The van der Waals surface area contributed by atoms with Crippen LogP contribution in [0.15, 0.2) is 0 Å². The van der Waals surface area contributed by atoms with Gasteiger partial charge in [0.2, 0.25) is 6.23 Å². The van der Waals surface area contributed by atoms with E-state index in [1.165, 1.54) is 7.11 Å². The minimum Gasteiger partial charge on any atom is -0.439 e. The second kappa shape index (κ2) is 4.26. The van der Waals surface area contributed by atoms with Crippen molar-refractivity contribution in [2.45, 2.75) is 25.5 Å². The van der Waals surface area contributed by atoms with E-state index in [-0.39, 0.29) is 18.4 Å². The number of hydrogen-bond donors (Lipinski definition) is 1. The van der Waals surface area contributed by atoms with Crippen LogP contribution in [0.5, 0.6) is 0 Å². The summed E-state index contributed by atoms with van der Waals surface area (Å²) in [4.78, 5) is 27.5. The van der Waals surface area contributed by atoms with Gasteiger partial charge in [-0.15, -0.1) is 0 Å². The van der Waals surface area contributed by atoms with E-state index in [1.807, 2.05) is 0 Å². The SMILES string of the molecule is CON1CCC(OC(=O)C2CC2)N(O)C1=O. The van der Waals surface area contributed by atoms with Crippen molar-refractivity contribution in [3.63, 3.8) is 0 Å². The molecule has 0 aromatic heterocycles. The van der Waals surface area contributed by atoms with Gasteiger partial charge in [0.15, 0.2) is 0 Å². The highest BCUT2D eigenvalue weighted by Gasteiger charge is 2.39. The summed E-state index contributed by atoms with van der Waals surface area (Å²) in [5.74, 6) is -0.397. The highest BCUT2D eigenvalue weighted by molar-refractivity contribution is 5.76. The standard InChI is InChI=1S/C9H14N2O5/c1-15-10-5-4-7(11(14)9(10)13)16-8(12)6-2-3-6/h6-7,14H,2-5H2,1H3. The normalized spacial score (nSPS) is 25.9. The fraction of sp³-hybridized carbons (Fsp3) is 0.778. The molecule has 7 nitrogen and oxygen atoms in total. The summed E-state index contributed by atoms with van der Waals surface area (Å²) < 4.78 is 5.02.